The van der Waals surface area contributed by atoms with E-state index in [1.54, 1.807) is 41.5 Å². The molecule has 0 atom stereocenters. The van der Waals surface area contributed by atoms with Gasteiger partial charge in [-0.1, -0.05) is 12.1 Å². The molecule has 8 nitrogen and oxygen atoms in total. The first kappa shape index (κ1) is 21.4. The molecule has 0 aliphatic rings. The van der Waals surface area contributed by atoms with Crippen molar-refractivity contribution in [2.45, 2.75) is 27.4 Å². The van der Waals surface area contributed by atoms with Gasteiger partial charge in [0.1, 0.15) is 5.75 Å². The minimum atomic E-state index is -3.01. The lowest BCUT2D eigenvalue weighted by atomic mass is 10.0. The van der Waals surface area contributed by atoms with Gasteiger partial charge in [-0.05, 0) is 39.0 Å². The summed E-state index contributed by atoms with van der Waals surface area (Å²) in [5, 5.41) is 12.1. The van der Waals surface area contributed by atoms with Gasteiger partial charge >= 0.3 is 6.61 Å². The van der Waals surface area contributed by atoms with Crippen LogP contribution in [0.5, 0.6) is 5.75 Å². The van der Waals surface area contributed by atoms with Gasteiger partial charge in [0, 0.05) is 25.4 Å². The topological polar surface area (TPSA) is 86.9 Å². The van der Waals surface area contributed by atoms with Gasteiger partial charge in [-0.25, -0.2) is 4.98 Å². The van der Waals surface area contributed by atoms with Crippen LogP contribution in [0.3, 0.4) is 0 Å². The van der Waals surface area contributed by atoms with Gasteiger partial charge in [-0.15, -0.1) is 0 Å². The first-order valence-electron chi connectivity index (χ1n) is 9.87. The summed E-state index contributed by atoms with van der Waals surface area (Å²) in [5.41, 5.74) is 4.70. The van der Waals surface area contributed by atoms with Crippen molar-refractivity contribution >= 4 is 22.6 Å². The molecule has 0 saturated heterocycles. The number of aromatic nitrogens is 5. The Labute approximate surface area is 182 Å². The number of aryl methyl sites for hydroxylation is 4. The fourth-order valence-corrected chi connectivity index (χ4v) is 3.85. The van der Waals surface area contributed by atoms with Crippen LogP contribution in [-0.4, -0.2) is 37.1 Å². The second-order valence-electron chi connectivity index (χ2n) is 7.46. The summed E-state index contributed by atoms with van der Waals surface area (Å²) in [6.45, 7) is 2.58. The summed E-state index contributed by atoms with van der Waals surface area (Å²) in [6.07, 6.45) is 0. The SMILES string of the molecule is Cc1nn(C)c(C)c1-c1cc(C(=O)Nc2ccccc2OC(F)F)c2c(C)nn(C)c2n1. The number of alkyl halides is 2. The monoisotopic (exact) mass is 440 g/mol. The predicted molar refractivity (Wildman–Crippen MR) is 116 cm³/mol. The maximum atomic E-state index is 13.3. The lowest BCUT2D eigenvalue weighted by molar-refractivity contribution is -0.0493. The van der Waals surface area contributed by atoms with Crippen LogP contribution >= 0.6 is 0 Å². The van der Waals surface area contributed by atoms with Gasteiger partial charge in [-0.3, -0.25) is 14.2 Å². The fraction of sp³-hybridized carbons (Fsp3) is 0.273. The van der Waals surface area contributed by atoms with E-state index in [-0.39, 0.29) is 11.4 Å². The van der Waals surface area contributed by atoms with Crippen molar-refractivity contribution in [2.24, 2.45) is 14.1 Å². The number of nitrogens with zero attached hydrogens (tertiary/aromatic N) is 5. The normalized spacial score (nSPS) is 11.4. The molecule has 3 aromatic heterocycles. The Morgan fingerprint density at radius 1 is 1.06 bits per heavy atom. The number of amides is 1. The van der Waals surface area contributed by atoms with Crippen LogP contribution in [0.1, 0.15) is 27.4 Å². The Morgan fingerprint density at radius 3 is 2.41 bits per heavy atom. The summed E-state index contributed by atoms with van der Waals surface area (Å²) < 4.78 is 33.5. The number of nitrogens with one attached hydrogen (secondary N) is 1. The molecule has 4 rings (SSSR count). The van der Waals surface area contributed by atoms with E-state index in [4.69, 9.17) is 4.98 Å². The molecule has 1 N–H and O–H groups in total. The van der Waals surface area contributed by atoms with Crippen LogP contribution in [0.15, 0.2) is 30.3 Å². The first-order chi connectivity index (χ1) is 15.2. The van der Waals surface area contributed by atoms with Gasteiger partial charge in [0.15, 0.2) is 5.65 Å². The lowest BCUT2D eigenvalue weighted by Crippen LogP contribution is -2.15. The molecule has 166 valence electrons. The van der Waals surface area contributed by atoms with Crippen molar-refractivity contribution in [1.29, 1.82) is 0 Å². The van der Waals surface area contributed by atoms with Gasteiger partial charge in [0.2, 0.25) is 0 Å². The van der Waals surface area contributed by atoms with E-state index < -0.39 is 12.5 Å². The Bertz CT molecular complexity index is 1340. The molecule has 4 aromatic rings. The number of carbonyl (C=O) groups is 1. The zero-order valence-corrected chi connectivity index (χ0v) is 18.3. The third kappa shape index (κ3) is 3.68. The molecule has 3 heterocycles. The molecular weight excluding hydrogens is 418 g/mol. The number of hydrogen-bond donors (Lipinski definition) is 1. The number of pyridine rings is 1. The van der Waals surface area contributed by atoms with Crippen LogP contribution in [0.4, 0.5) is 14.5 Å². The van der Waals surface area contributed by atoms with E-state index >= 15 is 0 Å². The number of benzene rings is 1. The summed E-state index contributed by atoms with van der Waals surface area (Å²) in [4.78, 5) is 18.1. The summed E-state index contributed by atoms with van der Waals surface area (Å²) in [7, 11) is 3.59. The highest BCUT2D eigenvalue weighted by Gasteiger charge is 2.23. The number of hydrogen-bond acceptors (Lipinski definition) is 5. The molecule has 0 aliphatic heterocycles. The molecule has 0 bridgehead atoms. The van der Waals surface area contributed by atoms with Crippen molar-refractivity contribution in [1.82, 2.24) is 24.5 Å². The molecule has 0 radical (unpaired) electrons. The predicted octanol–water partition coefficient (Wildman–Crippen LogP) is 4.15. The molecule has 1 aromatic carbocycles. The quantitative estimate of drug-likeness (QED) is 0.504. The number of para-hydroxylation sites is 2. The molecule has 0 fully saturated rings. The summed E-state index contributed by atoms with van der Waals surface area (Å²) in [6, 6.07) is 7.72. The molecule has 32 heavy (non-hydrogen) atoms. The number of ether oxygens (including phenoxy) is 1. The van der Waals surface area contributed by atoms with Crippen molar-refractivity contribution in [3.05, 3.63) is 53.0 Å². The average molecular weight is 440 g/mol. The highest BCUT2D eigenvalue weighted by molar-refractivity contribution is 6.13. The standard InChI is InChI=1S/C22H22F2N6O2/c1-11-18(13(3)29(4)27-11)16-10-14(19-12(2)28-30(5)20(19)25-16)21(31)26-15-8-6-7-9-17(15)32-22(23)24/h6-10,22H,1-5H3,(H,26,31). The third-order valence-electron chi connectivity index (χ3n) is 5.33. The lowest BCUT2D eigenvalue weighted by Gasteiger charge is -2.13. The van der Waals surface area contributed by atoms with Crippen molar-refractivity contribution in [3.8, 4) is 17.0 Å². The number of carbonyl (C=O) groups excluding carboxylic acids is 1. The Morgan fingerprint density at radius 2 is 1.75 bits per heavy atom. The van der Waals surface area contributed by atoms with Crippen molar-refractivity contribution < 1.29 is 18.3 Å². The van der Waals surface area contributed by atoms with Crippen LogP contribution in [-0.2, 0) is 14.1 Å². The van der Waals surface area contributed by atoms with Gasteiger partial charge < -0.3 is 10.1 Å². The third-order valence-corrected chi connectivity index (χ3v) is 5.33. The van der Waals surface area contributed by atoms with Crippen LogP contribution < -0.4 is 10.1 Å². The smallest absolute Gasteiger partial charge is 0.387 e. The van der Waals surface area contributed by atoms with E-state index in [1.165, 1.54) is 12.1 Å². The molecule has 0 spiro atoms. The highest BCUT2D eigenvalue weighted by atomic mass is 19.3. The van der Waals surface area contributed by atoms with Crippen molar-refractivity contribution in [2.75, 3.05) is 5.32 Å². The molecule has 10 heteroatoms. The second-order valence-corrected chi connectivity index (χ2v) is 7.46. The van der Waals surface area contributed by atoms with Crippen LogP contribution in [0.2, 0.25) is 0 Å². The largest absolute Gasteiger partial charge is 0.433 e. The Hall–Kier alpha value is -3.82. The number of fused-ring (bicyclic) bond motifs is 1. The Balaban J connectivity index is 1.86. The van der Waals surface area contributed by atoms with E-state index in [1.807, 2.05) is 20.9 Å². The number of rotatable bonds is 5. The minimum Gasteiger partial charge on any atom is -0.433 e. The van der Waals surface area contributed by atoms with Crippen LogP contribution in [0.25, 0.3) is 22.3 Å². The molecular formula is C22H22F2N6O2. The maximum Gasteiger partial charge on any atom is 0.387 e. The van der Waals surface area contributed by atoms with Crippen molar-refractivity contribution in [3.63, 3.8) is 0 Å². The number of halogens is 2. The van der Waals surface area contributed by atoms with E-state index in [0.717, 1.165) is 17.0 Å². The highest BCUT2D eigenvalue weighted by Crippen LogP contribution is 2.32. The molecule has 0 aliphatic carbocycles. The first-order valence-corrected chi connectivity index (χ1v) is 9.87. The van der Waals surface area contributed by atoms with Gasteiger partial charge in [0.25, 0.3) is 5.91 Å². The van der Waals surface area contributed by atoms with E-state index in [0.29, 0.717) is 28.0 Å². The van der Waals surface area contributed by atoms with Gasteiger partial charge in [-0.2, -0.15) is 19.0 Å². The summed E-state index contributed by atoms with van der Waals surface area (Å²) in [5.74, 6) is -0.609. The molecule has 0 unspecified atom stereocenters. The van der Waals surface area contributed by atoms with E-state index in [9.17, 15) is 13.6 Å². The second kappa shape index (κ2) is 8.03. The maximum absolute atomic E-state index is 13.3. The Kier molecular flexibility index (Phi) is 5.37. The fourth-order valence-electron chi connectivity index (χ4n) is 3.85. The molecule has 0 saturated carbocycles. The summed E-state index contributed by atoms with van der Waals surface area (Å²) >= 11 is 0. The number of anilines is 1. The zero-order chi connectivity index (χ0) is 23.2. The van der Waals surface area contributed by atoms with Gasteiger partial charge in [0.05, 0.1) is 33.7 Å². The zero-order valence-electron chi connectivity index (χ0n) is 18.3. The van der Waals surface area contributed by atoms with Crippen LogP contribution in [0, 0.1) is 20.8 Å². The molecule has 1 amide bonds. The average Bonchev–Trinajstić information content (AvgIpc) is 3.16. The van der Waals surface area contributed by atoms with E-state index in [2.05, 4.69) is 20.3 Å². The minimum absolute atomic E-state index is 0.122.